The van der Waals surface area contributed by atoms with Crippen molar-refractivity contribution in [1.29, 1.82) is 0 Å². The highest BCUT2D eigenvalue weighted by atomic mass is 16.5. The van der Waals surface area contributed by atoms with Crippen molar-refractivity contribution in [2.75, 3.05) is 53.5 Å². The van der Waals surface area contributed by atoms with E-state index in [0.717, 1.165) is 87.1 Å². The number of Topliss-reactive ketones (excluding diaryl/α,β-unsaturated/α-hetero) is 2. The van der Waals surface area contributed by atoms with Crippen molar-refractivity contribution in [2.45, 2.75) is 38.5 Å². The van der Waals surface area contributed by atoms with Crippen molar-refractivity contribution >= 4 is 11.6 Å². The molecule has 6 heteroatoms. The van der Waals surface area contributed by atoms with Gasteiger partial charge in [-0.3, -0.25) is 9.59 Å². The van der Waals surface area contributed by atoms with Crippen LogP contribution in [0, 0.1) is 35.5 Å². The smallest absolute Gasteiger partial charge is 0.167 e. The number of benzene rings is 2. The van der Waals surface area contributed by atoms with Crippen LogP contribution in [0.2, 0.25) is 0 Å². The number of ether oxygens (including phenoxy) is 2. The minimum Gasteiger partial charge on any atom is -0.497 e. The molecule has 0 N–H and O–H groups in total. The van der Waals surface area contributed by atoms with Crippen molar-refractivity contribution < 1.29 is 19.1 Å². The lowest BCUT2D eigenvalue weighted by Gasteiger charge is -2.38. The minimum absolute atomic E-state index is 0.0632. The number of carbonyl (C=O) groups excluding carboxylic acids is 2. The highest BCUT2D eigenvalue weighted by Gasteiger charge is 2.47. The zero-order valence-corrected chi connectivity index (χ0v) is 24.1. The average molecular weight is 545 g/mol. The van der Waals surface area contributed by atoms with Gasteiger partial charge in [-0.25, -0.2) is 0 Å². The van der Waals surface area contributed by atoms with Crippen LogP contribution in [0.1, 0.15) is 59.2 Å². The van der Waals surface area contributed by atoms with E-state index < -0.39 is 0 Å². The molecule has 6 rings (SSSR count). The highest BCUT2D eigenvalue weighted by molar-refractivity contribution is 5.98. The summed E-state index contributed by atoms with van der Waals surface area (Å²) in [7, 11) is 3.31. The van der Waals surface area contributed by atoms with Gasteiger partial charge in [0.15, 0.2) is 11.6 Å². The zero-order chi connectivity index (χ0) is 27.6. The Bertz CT molecular complexity index is 1190. The van der Waals surface area contributed by atoms with Crippen molar-refractivity contribution in [1.82, 2.24) is 9.80 Å². The fourth-order valence-electron chi connectivity index (χ4n) is 7.38. The van der Waals surface area contributed by atoms with E-state index >= 15 is 0 Å². The SMILES string of the molecule is COc1ccc(C(=O)[C@@H]2CC(C3CC3CN3CCC[C@@H](C(=O)c4cccc(OC)c4)C3)CN(CC3CC3)C2)cc1. The van der Waals surface area contributed by atoms with Crippen molar-refractivity contribution in [3.63, 3.8) is 0 Å². The summed E-state index contributed by atoms with van der Waals surface area (Å²) in [5.41, 5.74) is 1.58. The predicted octanol–water partition coefficient (Wildman–Crippen LogP) is 5.47. The summed E-state index contributed by atoms with van der Waals surface area (Å²) in [5, 5.41) is 0. The summed E-state index contributed by atoms with van der Waals surface area (Å²) in [6.45, 7) is 6.22. The molecule has 214 valence electrons. The van der Waals surface area contributed by atoms with Gasteiger partial charge in [0, 0.05) is 55.7 Å². The first-order valence-corrected chi connectivity index (χ1v) is 15.3. The van der Waals surface area contributed by atoms with Crippen molar-refractivity contribution in [2.24, 2.45) is 35.5 Å². The Labute approximate surface area is 239 Å². The summed E-state index contributed by atoms with van der Waals surface area (Å²) >= 11 is 0. The van der Waals surface area contributed by atoms with Crippen LogP contribution in [0.3, 0.4) is 0 Å². The molecule has 4 fully saturated rings. The molecule has 5 atom stereocenters. The molecule has 4 aliphatic rings. The third kappa shape index (κ3) is 6.44. The monoisotopic (exact) mass is 544 g/mol. The molecule has 0 spiro atoms. The van der Waals surface area contributed by atoms with Gasteiger partial charge in [0.2, 0.25) is 0 Å². The minimum atomic E-state index is 0.0632. The van der Waals surface area contributed by atoms with E-state index in [9.17, 15) is 9.59 Å². The summed E-state index contributed by atoms with van der Waals surface area (Å²) in [6.07, 6.45) is 6.99. The van der Waals surface area contributed by atoms with Crippen LogP contribution in [0.5, 0.6) is 11.5 Å². The normalized spacial score (nSPS) is 29.1. The molecule has 2 saturated heterocycles. The van der Waals surface area contributed by atoms with E-state index in [1.54, 1.807) is 14.2 Å². The summed E-state index contributed by atoms with van der Waals surface area (Å²) in [5.74, 6) is 5.02. The molecule has 0 amide bonds. The second-order valence-corrected chi connectivity index (χ2v) is 12.8. The summed E-state index contributed by atoms with van der Waals surface area (Å²) < 4.78 is 10.6. The molecule has 2 aromatic carbocycles. The van der Waals surface area contributed by atoms with Crippen LogP contribution in [0.15, 0.2) is 48.5 Å². The molecule has 0 bridgehead atoms. The van der Waals surface area contributed by atoms with Crippen molar-refractivity contribution in [3.8, 4) is 11.5 Å². The van der Waals surface area contributed by atoms with E-state index in [-0.39, 0.29) is 17.6 Å². The number of methoxy groups -OCH3 is 2. The number of nitrogens with zero attached hydrogens (tertiary/aromatic N) is 2. The van der Waals surface area contributed by atoms with Gasteiger partial charge in [0.1, 0.15) is 11.5 Å². The van der Waals surface area contributed by atoms with Gasteiger partial charge in [-0.1, -0.05) is 12.1 Å². The van der Waals surface area contributed by atoms with Gasteiger partial charge in [0.25, 0.3) is 0 Å². The van der Waals surface area contributed by atoms with Crippen LogP contribution in [-0.2, 0) is 0 Å². The Hall–Kier alpha value is -2.70. The van der Waals surface area contributed by atoms with Gasteiger partial charge in [0.05, 0.1) is 14.2 Å². The lowest BCUT2D eigenvalue weighted by atomic mass is 9.81. The second kappa shape index (κ2) is 12.0. The maximum Gasteiger partial charge on any atom is 0.167 e. The van der Waals surface area contributed by atoms with E-state index in [0.29, 0.717) is 23.5 Å². The van der Waals surface area contributed by atoms with Gasteiger partial charge in [-0.15, -0.1) is 0 Å². The first-order chi connectivity index (χ1) is 19.5. The molecule has 6 nitrogen and oxygen atoms in total. The number of ketones is 2. The molecular formula is C34H44N2O4. The fraction of sp³-hybridized carbons (Fsp3) is 0.588. The van der Waals surface area contributed by atoms with Crippen molar-refractivity contribution in [3.05, 3.63) is 59.7 Å². The predicted molar refractivity (Wildman–Crippen MR) is 156 cm³/mol. The van der Waals surface area contributed by atoms with Crippen LogP contribution >= 0.6 is 0 Å². The number of likely N-dealkylation sites (tertiary alicyclic amines) is 2. The molecule has 0 radical (unpaired) electrons. The van der Waals surface area contributed by atoms with Crippen LogP contribution in [0.25, 0.3) is 0 Å². The lowest BCUT2D eigenvalue weighted by Crippen LogP contribution is -2.45. The number of hydrogen-bond acceptors (Lipinski definition) is 6. The van der Waals surface area contributed by atoms with Gasteiger partial charge in [-0.2, -0.15) is 0 Å². The first kappa shape index (κ1) is 27.5. The maximum absolute atomic E-state index is 13.6. The quantitative estimate of drug-likeness (QED) is 0.350. The summed E-state index contributed by atoms with van der Waals surface area (Å²) in [6, 6.07) is 15.2. The summed E-state index contributed by atoms with van der Waals surface area (Å²) in [4.78, 5) is 32.0. The second-order valence-electron chi connectivity index (χ2n) is 12.8. The van der Waals surface area contributed by atoms with Crippen LogP contribution < -0.4 is 9.47 Å². The highest BCUT2D eigenvalue weighted by Crippen LogP contribution is 2.49. The molecule has 0 aromatic heterocycles. The van der Waals surface area contributed by atoms with E-state index in [1.165, 1.54) is 19.3 Å². The number of piperidine rings is 2. The van der Waals surface area contributed by atoms with Gasteiger partial charge in [-0.05, 0) is 105 Å². The number of hydrogen-bond donors (Lipinski definition) is 0. The Morgan fingerprint density at radius 1 is 0.775 bits per heavy atom. The fourth-order valence-corrected chi connectivity index (χ4v) is 7.38. The molecular weight excluding hydrogens is 500 g/mol. The zero-order valence-electron chi connectivity index (χ0n) is 24.1. The van der Waals surface area contributed by atoms with Crippen LogP contribution in [-0.4, -0.2) is 74.9 Å². The standard InChI is InChI=1S/C34H44N2O4/c1-39-30-12-10-24(11-13-30)33(37)29-15-27(21-36(22-29)18-23-8-9-23)32-17-28(32)20-35-14-4-6-26(19-35)34(38)25-5-3-7-31(16-25)40-2/h3,5,7,10-13,16,23,26-29,32H,4,6,8-9,14-15,17-22H2,1-2H3/t26-,27?,28?,29-,32?/m1/s1. The third-order valence-electron chi connectivity index (χ3n) is 9.82. The van der Waals surface area contributed by atoms with Gasteiger partial charge >= 0.3 is 0 Å². The molecule has 2 aromatic rings. The largest absolute Gasteiger partial charge is 0.497 e. The molecule has 40 heavy (non-hydrogen) atoms. The molecule has 2 aliphatic carbocycles. The van der Waals surface area contributed by atoms with E-state index in [4.69, 9.17) is 9.47 Å². The average Bonchev–Trinajstić information content (AvgIpc) is 3.94. The molecule has 2 saturated carbocycles. The third-order valence-corrected chi connectivity index (χ3v) is 9.82. The van der Waals surface area contributed by atoms with E-state index in [1.807, 2.05) is 48.5 Å². The Balaban J connectivity index is 1.06. The number of carbonyl (C=O) groups is 2. The maximum atomic E-state index is 13.6. The Morgan fingerprint density at radius 3 is 2.27 bits per heavy atom. The molecule has 2 aliphatic heterocycles. The van der Waals surface area contributed by atoms with E-state index in [2.05, 4.69) is 9.80 Å². The first-order valence-electron chi connectivity index (χ1n) is 15.3. The molecule has 3 unspecified atom stereocenters. The Kier molecular flexibility index (Phi) is 8.27. The van der Waals surface area contributed by atoms with Crippen LogP contribution in [0.4, 0.5) is 0 Å². The molecule has 2 heterocycles. The topological polar surface area (TPSA) is 59.1 Å². The number of rotatable bonds is 11. The van der Waals surface area contributed by atoms with Gasteiger partial charge < -0.3 is 19.3 Å². The Morgan fingerprint density at radius 2 is 1.52 bits per heavy atom. The lowest BCUT2D eigenvalue weighted by molar-refractivity contribution is 0.0680.